The molecular weight excluding hydrogens is 994 g/mol. The minimum absolute atomic E-state index is 0.173. The van der Waals surface area contributed by atoms with Crippen LogP contribution in [0.25, 0.3) is 0 Å². The van der Waals surface area contributed by atoms with Gasteiger partial charge in [-0.2, -0.15) is 0 Å². The average molecular weight is 1030 g/mol. The summed E-state index contributed by atoms with van der Waals surface area (Å²) in [6.07, 6.45) is 12.3. The molecule has 0 rings (SSSR count). The van der Waals surface area contributed by atoms with Gasteiger partial charge in [-0.05, 0) is 116 Å². The number of hydrogen-bond donors (Lipinski definition) is 0. The minimum Gasteiger partial charge on any atom is -0.326 e. The van der Waals surface area contributed by atoms with Gasteiger partial charge in [0.1, 0.15) is 0 Å². The molecule has 0 fully saturated rings. The molecule has 152 valence electrons. The van der Waals surface area contributed by atoms with Crippen LogP contribution in [-0.2, 0) is 4.74 Å². The third kappa shape index (κ3) is 9.16. The van der Waals surface area contributed by atoms with Crippen molar-refractivity contribution < 1.29 is 4.74 Å². The molecule has 0 heterocycles. The number of ether oxygens (including phenoxy) is 1. The van der Waals surface area contributed by atoms with E-state index in [0.717, 1.165) is 0 Å². The fraction of sp³-hybridized carbons (Fsp3) is 1.00. The predicted octanol–water partition coefficient (Wildman–Crippen LogP) is 10.4. The SMILES string of the molecule is CCCCC(I)(CCC)C(I)(I)OC(I)(I)C(I)(CCC)CCCC. The standard InChI is InChI=1S/C18H32I6O/c1-5-9-13-15(19,11-7-3)17(21,22)25-18(23,24)16(20,12-8-4)14-10-6-2/h5-14H2,1-4H3. The lowest BCUT2D eigenvalue weighted by Crippen LogP contribution is -2.51. The van der Waals surface area contributed by atoms with Gasteiger partial charge in [0.2, 0.25) is 0 Å². The molecule has 0 bridgehead atoms. The van der Waals surface area contributed by atoms with E-state index in [9.17, 15) is 0 Å². The Morgan fingerprint density at radius 2 is 0.840 bits per heavy atom. The maximum absolute atomic E-state index is 6.99. The van der Waals surface area contributed by atoms with Crippen molar-refractivity contribution in [1.29, 1.82) is 0 Å². The highest BCUT2D eigenvalue weighted by atomic mass is 127. The van der Waals surface area contributed by atoms with E-state index in [1.807, 2.05) is 0 Å². The van der Waals surface area contributed by atoms with E-state index < -0.39 is 0 Å². The molecule has 0 radical (unpaired) electrons. The smallest absolute Gasteiger partial charge is 0.186 e. The molecule has 25 heavy (non-hydrogen) atoms. The van der Waals surface area contributed by atoms with Gasteiger partial charge in [-0.25, -0.2) is 0 Å². The number of rotatable bonds is 14. The summed E-state index contributed by atoms with van der Waals surface area (Å²) in [4.78, 5) is 0. The first-order valence-electron chi connectivity index (χ1n) is 9.28. The minimum atomic E-state index is -0.201. The largest absolute Gasteiger partial charge is 0.326 e. The lowest BCUT2D eigenvalue weighted by molar-refractivity contribution is 0.0438. The van der Waals surface area contributed by atoms with Crippen LogP contribution in [0.5, 0.6) is 0 Å². The van der Waals surface area contributed by atoms with Crippen LogP contribution >= 0.6 is 136 Å². The van der Waals surface area contributed by atoms with Gasteiger partial charge in [-0.1, -0.05) is 111 Å². The zero-order valence-electron chi connectivity index (χ0n) is 15.7. The molecule has 0 aliphatic carbocycles. The van der Waals surface area contributed by atoms with Crippen LogP contribution < -0.4 is 0 Å². The Bertz CT molecular complexity index is 343. The van der Waals surface area contributed by atoms with E-state index in [1.165, 1.54) is 64.2 Å². The molecule has 0 aromatic carbocycles. The van der Waals surface area contributed by atoms with Crippen molar-refractivity contribution in [1.82, 2.24) is 0 Å². The lowest BCUT2D eigenvalue weighted by atomic mass is 9.96. The second-order valence-corrected chi connectivity index (χ2v) is 21.1. The molecule has 0 aliphatic rings. The van der Waals surface area contributed by atoms with Crippen molar-refractivity contribution in [3.8, 4) is 0 Å². The molecule has 0 saturated heterocycles. The van der Waals surface area contributed by atoms with Crippen LogP contribution in [-0.4, -0.2) is 10.1 Å². The summed E-state index contributed by atoms with van der Waals surface area (Å²) in [6.45, 7) is 9.17. The molecule has 7 heteroatoms. The highest BCUT2D eigenvalue weighted by molar-refractivity contribution is 14.2. The van der Waals surface area contributed by atoms with Gasteiger partial charge in [0.25, 0.3) is 0 Å². The van der Waals surface area contributed by atoms with Crippen molar-refractivity contribution in [2.75, 3.05) is 0 Å². The van der Waals surface area contributed by atoms with Gasteiger partial charge in [0.05, 0.1) is 6.84 Å². The van der Waals surface area contributed by atoms with Gasteiger partial charge < -0.3 is 4.74 Å². The number of alkyl halides is 6. The van der Waals surface area contributed by atoms with Gasteiger partial charge in [0.15, 0.2) is 3.23 Å². The zero-order valence-corrected chi connectivity index (χ0v) is 28.7. The van der Waals surface area contributed by atoms with Gasteiger partial charge in [-0.15, -0.1) is 0 Å². The first-order valence-corrected chi connectivity index (χ1v) is 15.8. The van der Waals surface area contributed by atoms with Crippen molar-refractivity contribution in [3.05, 3.63) is 0 Å². The average Bonchev–Trinajstić information content (AvgIpc) is 2.50. The summed E-state index contributed by atoms with van der Waals surface area (Å²) in [5.41, 5.74) is 0. The topological polar surface area (TPSA) is 9.23 Å². The van der Waals surface area contributed by atoms with Gasteiger partial charge in [-0.3, -0.25) is 0 Å². The molecule has 0 N–H and O–H groups in total. The summed E-state index contributed by atoms with van der Waals surface area (Å²) in [5.74, 6) is 0. The van der Waals surface area contributed by atoms with Crippen molar-refractivity contribution in [3.63, 3.8) is 0 Å². The maximum Gasteiger partial charge on any atom is 0.186 e. The molecule has 2 atom stereocenters. The Morgan fingerprint density at radius 3 is 1.08 bits per heavy atom. The first-order chi connectivity index (χ1) is 11.4. The molecule has 0 aromatic heterocycles. The lowest BCUT2D eigenvalue weighted by Gasteiger charge is -2.47. The second kappa shape index (κ2) is 13.7. The molecule has 0 aliphatic heterocycles. The van der Waals surface area contributed by atoms with Gasteiger partial charge in [0, 0.05) is 0 Å². The molecule has 0 saturated carbocycles. The monoisotopic (exact) mass is 1030 g/mol. The van der Waals surface area contributed by atoms with Crippen LogP contribution in [0, 0.1) is 0 Å². The highest BCUT2D eigenvalue weighted by Gasteiger charge is 2.55. The van der Waals surface area contributed by atoms with E-state index in [4.69, 9.17) is 4.74 Å². The zero-order chi connectivity index (χ0) is 19.8. The van der Waals surface area contributed by atoms with E-state index in [1.54, 1.807) is 0 Å². The van der Waals surface area contributed by atoms with Crippen LogP contribution in [0.3, 0.4) is 0 Å². The summed E-state index contributed by atoms with van der Waals surface area (Å²) in [6, 6.07) is 0. The van der Waals surface area contributed by atoms with E-state index in [-0.39, 0.29) is 10.1 Å². The Labute approximate surface area is 238 Å². The second-order valence-electron chi connectivity index (χ2n) is 6.77. The highest BCUT2D eigenvalue weighted by Crippen LogP contribution is 2.60. The summed E-state index contributed by atoms with van der Waals surface area (Å²) < 4.78 is 6.93. The molecular formula is C18H32I6O. The van der Waals surface area contributed by atoms with Crippen molar-refractivity contribution in [2.24, 2.45) is 0 Å². The van der Waals surface area contributed by atoms with Crippen LogP contribution in [0.15, 0.2) is 0 Å². The normalized spacial score (nSPS) is 18.0. The fourth-order valence-electron chi connectivity index (χ4n) is 2.88. The molecule has 0 amide bonds. The molecule has 1 nitrogen and oxygen atoms in total. The fourth-order valence-corrected chi connectivity index (χ4v) is 10.1. The quantitative estimate of drug-likeness (QED) is 0.124. The molecule has 2 unspecified atom stereocenters. The number of unbranched alkanes of at least 4 members (excludes halogenated alkanes) is 2. The van der Waals surface area contributed by atoms with Crippen molar-refractivity contribution >= 4 is 136 Å². The Hall–Kier alpha value is 4.34. The molecule has 0 spiro atoms. The third-order valence-corrected chi connectivity index (χ3v) is 17.3. The van der Waals surface area contributed by atoms with Crippen LogP contribution in [0.4, 0.5) is 0 Å². The first kappa shape index (κ1) is 29.3. The Balaban J connectivity index is 5.53. The summed E-state index contributed by atoms with van der Waals surface area (Å²) >= 11 is 15.8. The van der Waals surface area contributed by atoms with E-state index >= 15 is 0 Å². The maximum atomic E-state index is 6.99. The number of hydrogen-bond acceptors (Lipinski definition) is 1. The van der Waals surface area contributed by atoms with Crippen LogP contribution in [0.1, 0.15) is 91.9 Å². The summed E-state index contributed by atoms with van der Waals surface area (Å²) in [7, 11) is 0. The number of halogens is 6. The Morgan fingerprint density at radius 1 is 0.520 bits per heavy atom. The third-order valence-electron chi connectivity index (χ3n) is 4.45. The predicted molar refractivity (Wildman–Crippen MR) is 165 cm³/mol. The van der Waals surface area contributed by atoms with Gasteiger partial charge >= 0.3 is 0 Å². The van der Waals surface area contributed by atoms with Crippen LogP contribution in [0.2, 0.25) is 0 Å². The molecule has 0 aromatic rings. The van der Waals surface area contributed by atoms with Crippen molar-refractivity contribution in [2.45, 2.75) is 102 Å². The summed E-state index contributed by atoms with van der Waals surface area (Å²) in [5, 5.41) is 0. The Kier molecular flexibility index (Phi) is 16.1. The van der Waals surface area contributed by atoms with E-state index in [0.29, 0.717) is 0 Å². The van der Waals surface area contributed by atoms with E-state index in [2.05, 4.69) is 163 Å².